The third-order valence-corrected chi connectivity index (χ3v) is 5.47. The second kappa shape index (κ2) is 6.78. The summed E-state index contributed by atoms with van der Waals surface area (Å²) in [5.41, 5.74) is 8.26. The maximum absolute atomic E-state index is 5.74. The molecule has 3 aromatic rings. The number of aromatic nitrogens is 4. The van der Waals surface area contributed by atoms with Gasteiger partial charge in [0, 0.05) is 30.0 Å². The van der Waals surface area contributed by atoms with Crippen molar-refractivity contribution < 1.29 is 4.74 Å². The molecule has 4 rings (SSSR count). The van der Waals surface area contributed by atoms with Crippen LogP contribution in [0.3, 0.4) is 0 Å². The molecule has 2 N–H and O–H groups in total. The van der Waals surface area contributed by atoms with Crippen LogP contribution in [-0.4, -0.2) is 38.2 Å². The van der Waals surface area contributed by atoms with E-state index in [0.29, 0.717) is 10.9 Å². The molecule has 1 aromatic carbocycles. The highest BCUT2D eigenvalue weighted by Gasteiger charge is 2.14. The van der Waals surface area contributed by atoms with E-state index in [2.05, 4.69) is 10.1 Å². The number of nitrogens with two attached hydrogens (primary N) is 1. The van der Waals surface area contributed by atoms with Gasteiger partial charge in [-0.1, -0.05) is 0 Å². The van der Waals surface area contributed by atoms with Gasteiger partial charge >= 0.3 is 0 Å². The van der Waals surface area contributed by atoms with Gasteiger partial charge in [0.25, 0.3) is 0 Å². The van der Waals surface area contributed by atoms with Crippen LogP contribution in [0.1, 0.15) is 18.7 Å². The van der Waals surface area contributed by atoms with Gasteiger partial charge in [-0.2, -0.15) is 16.9 Å². The van der Waals surface area contributed by atoms with Crippen molar-refractivity contribution in [2.24, 2.45) is 0 Å². The molecule has 7 heteroatoms. The molecule has 0 spiro atoms. The fourth-order valence-electron chi connectivity index (χ4n) is 2.78. The van der Waals surface area contributed by atoms with Crippen LogP contribution in [0.4, 0.5) is 5.69 Å². The quantitative estimate of drug-likeness (QED) is 0.786. The molecule has 0 aliphatic carbocycles. The predicted molar refractivity (Wildman–Crippen MR) is 96.2 cm³/mol. The molecule has 1 aliphatic heterocycles. The molecular formula is C17H19N5OS. The van der Waals surface area contributed by atoms with Crippen molar-refractivity contribution >= 4 is 28.4 Å². The van der Waals surface area contributed by atoms with Crippen molar-refractivity contribution in [3.63, 3.8) is 0 Å². The molecule has 1 aliphatic rings. The molecule has 0 amide bonds. The van der Waals surface area contributed by atoms with Crippen LogP contribution in [0, 0.1) is 0 Å². The van der Waals surface area contributed by atoms with E-state index in [1.54, 1.807) is 17.1 Å². The van der Waals surface area contributed by atoms with Crippen molar-refractivity contribution in [3.8, 4) is 5.69 Å². The summed E-state index contributed by atoms with van der Waals surface area (Å²) in [4.78, 5) is 9.21. The van der Waals surface area contributed by atoms with E-state index in [1.165, 1.54) is 0 Å². The molecule has 0 radical (unpaired) electrons. The van der Waals surface area contributed by atoms with E-state index >= 15 is 0 Å². The summed E-state index contributed by atoms with van der Waals surface area (Å²) in [6.07, 6.45) is 7.56. The first-order valence-corrected chi connectivity index (χ1v) is 9.08. The first-order valence-electron chi connectivity index (χ1n) is 8.03. The molecule has 124 valence electrons. The molecule has 3 heterocycles. The second-order valence-electron chi connectivity index (χ2n) is 5.87. The average Bonchev–Trinajstić information content (AvgIpc) is 3.06. The number of ether oxygens (including phenoxy) is 1. The average molecular weight is 341 g/mol. The lowest BCUT2D eigenvalue weighted by Crippen LogP contribution is -2.17. The molecule has 0 atom stereocenters. The highest BCUT2D eigenvalue weighted by Crippen LogP contribution is 2.25. The number of anilines is 1. The number of nitrogen functional groups attached to an aromatic ring is 1. The van der Waals surface area contributed by atoms with Crippen molar-refractivity contribution in [1.29, 1.82) is 0 Å². The topological polar surface area (TPSA) is 78.8 Å². The number of fused-ring (bicyclic) bond motifs is 1. The summed E-state index contributed by atoms with van der Waals surface area (Å²) in [5.74, 6) is 1.70. The fourth-order valence-corrected chi connectivity index (χ4v) is 3.82. The number of nitrogens with zero attached hydrogens (tertiary/aromatic N) is 4. The molecule has 24 heavy (non-hydrogen) atoms. The smallest absolute Gasteiger partial charge is 0.138 e. The van der Waals surface area contributed by atoms with Crippen LogP contribution in [-0.2, 0) is 10.5 Å². The largest absolute Gasteiger partial charge is 0.396 e. The van der Waals surface area contributed by atoms with Gasteiger partial charge < -0.3 is 10.5 Å². The van der Waals surface area contributed by atoms with E-state index in [9.17, 15) is 0 Å². The minimum atomic E-state index is 0.645. The molecule has 0 saturated carbocycles. The lowest BCUT2D eigenvalue weighted by atomic mass is 10.2. The SMILES string of the molecule is Nc1cnn(-c2ccc3cnc(CSC4CCOCC4)nc3c2)c1. The van der Waals surface area contributed by atoms with Crippen molar-refractivity contribution in [2.45, 2.75) is 23.8 Å². The van der Waals surface area contributed by atoms with Gasteiger partial charge in [0.15, 0.2) is 0 Å². The van der Waals surface area contributed by atoms with E-state index < -0.39 is 0 Å². The molecule has 0 unspecified atom stereocenters. The summed E-state index contributed by atoms with van der Waals surface area (Å²) in [6.45, 7) is 1.74. The Labute approximate surface area is 144 Å². The normalized spacial score (nSPS) is 15.8. The number of hydrogen-bond donors (Lipinski definition) is 1. The van der Waals surface area contributed by atoms with E-state index in [4.69, 9.17) is 15.5 Å². The van der Waals surface area contributed by atoms with E-state index in [-0.39, 0.29) is 0 Å². The van der Waals surface area contributed by atoms with Crippen LogP contribution in [0.15, 0.2) is 36.8 Å². The zero-order valence-electron chi connectivity index (χ0n) is 13.3. The van der Waals surface area contributed by atoms with Crippen molar-refractivity contribution in [1.82, 2.24) is 19.7 Å². The Kier molecular flexibility index (Phi) is 4.36. The summed E-state index contributed by atoms with van der Waals surface area (Å²) in [6, 6.07) is 6.03. The van der Waals surface area contributed by atoms with Crippen LogP contribution in [0.25, 0.3) is 16.6 Å². The molecule has 1 fully saturated rings. The Morgan fingerprint density at radius 1 is 1.25 bits per heavy atom. The third kappa shape index (κ3) is 3.37. The van der Waals surface area contributed by atoms with Crippen molar-refractivity contribution in [3.05, 3.63) is 42.6 Å². The number of thioether (sulfide) groups is 1. The monoisotopic (exact) mass is 341 g/mol. The molecule has 6 nitrogen and oxygen atoms in total. The Balaban J connectivity index is 1.54. The van der Waals surface area contributed by atoms with Crippen molar-refractivity contribution in [2.75, 3.05) is 18.9 Å². The van der Waals surface area contributed by atoms with E-state index in [1.807, 2.05) is 36.2 Å². The lowest BCUT2D eigenvalue weighted by molar-refractivity contribution is 0.1000. The minimum absolute atomic E-state index is 0.645. The minimum Gasteiger partial charge on any atom is -0.396 e. The zero-order chi connectivity index (χ0) is 16.4. The van der Waals surface area contributed by atoms with Gasteiger partial charge in [-0.3, -0.25) is 0 Å². The Morgan fingerprint density at radius 3 is 2.92 bits per heavy atom. The Hall–Kier alpha value is -2.12. The molecule has 1 saturated heterocycles. The summed E-state index contributed by atoms with van der Waals surface area (Å²) in [7, 11) is 0. The molecule has 2 aromatic heterocycles. The van der Waals surface area contributed by atoms with E-state index in [0.717, 1.165) is 54.2 Å². The maximum atomic E-state index is 5.74. The lowest BCUT2D eigenvalue weighted by Gasteiger charge is -2.21. The summed E-state index contributed by atoms with van der Waals surface area (Å²) in [5, 5.41) is 5.92. The number of rotatable bonds is 4. The Morgan fingerprint density at radius 2 is 2.12 bits per heavy atom. The van der Waals surface area contributed by atoms with Crippen LogP contribution in [0.2, 0.25) is 0 Å². The standard InChI is InChI=1S/C17H19N5OS/c18-13-9-20-22(10-13)14-2-1-12-8-19-17(21-16(12)7-14)11-24-15-3-5-23-6-4-15/h1-2,7-10,15H,3-6,11,18H2. The zero-order valence-corrected chi connectivity index (χ0v) is 14.1. The van der Waals surface area contributed by atoms with Gasteiger partial charge in [-0.15, -0.1) is 0 Å². The first kappa shape index (κ1) is 15.4. The molecule has 0 bridgehead atoms. The highest BCUT2D eigenvalue weighted by molar-refractivity contribution is 7.99. The predicted octanol–water partition coefficient (Wildman–Crippen LogP) is 2.81. The summed E-state index contributed by atoms with van der Waals surface area (Å²) >= 11 is 1.92. The van der Waals surface area contributed by atoms with Gasteiger partial charge in [-0.05, 0) is 31.0 Å². The fraction of sp³-hybridized carbons (Fsp3) is 0.353. The van der Waals surface area contributed by atoms with Gasteiger partial charge in [0.05, 0.1) is 35.0 Å². The van der Waals surface area contributed by atoms with Gasteiger partial charge in [0.2, 0.25) is 0 Å². The Bertz CT molecular complexity index is 844. The van der Waals surface area contributed by atoms with Crippen LogP contribution >= 0.6 is 11.8 Å². The third-order valence-electron chi connectivity index (χ3n) is 4.10. The maximum Gasteiger partial charge on any atom is 0.138 e. The number of benzene rings is 1. The summed E-state index contributed by atoms with van der Waals surface area (Å²) < 4.78 is 7.16. The second-order valence-corrected chi connectivity index (χ2v) is 7.16. The highest BCUT2D eigenvalue weighted by atomic mass is 32.2. The number of hydrogen-bond acceptors (Lipinski definition) is 6. The van der Waals surface area contributed by atoms with Gasteiger partial charge in [-0.25, -0.2) is 14.6 Å². The molecular weight excluding hydrogens is 322 g/mol. The van der Waals surface area contributed by atoms with Crippen LogP contribution in [0.5, 0.6) is 0 Å². The van der Waals surface area contributed by atoms with Gasteiger partial charge in [0.1, 0.15) is 5.82 Å². The first-order chi connectivity index (χ1) is 11.8. The van der Waals surface area contributed by atoms with Crippen LogP contribution < -0.4 is 5.73 Å².